The molecule has 0 spiro atoms. The predicted octanol–water partition coefficient (Wildman–Crippen LogP) is 1.96. The van der Waals surface area contributed by atoms with Crippen LogP contribution in [0.25, 0.3) is 10.8 Å². The molecule has 0 bridgehead atoms. The number of rotatable bonds is 0. The van der Waals surface area contributed by atoms with Crippen molar-refractivity contribution < 1.29 is 4.39 Å². The molecule has 0 saturated heterocycles. The van der Waals surface area contributed by atoms with Gasteiger partial charge in [0.1, 0.15) is 5.82 Å². The van der Waals surface area contributed by atoms with Crippen molar-refractivity contribution in [3.05, 3.63) is 36.3 Å². The molecule has 1 aromatic carbocycles. The van der Waals surface area contributed by atoms with E-state index in [4.69, 9.17) is 5.73 Å². The molecule has 0 radical (unpaired) electrons. The minimum atomic E-state index is -0.509. The van der Waals surface area contributed by atoms with Gasteiger partial charge in [-0.3, -0.25) is 0 Å². The lowest BCUT2D eigenvalue weighted by atomic mass is 10.2. The Morgan fingerprint density at radius 1 is 1.25 bits per heavy atom. The average molecular weight is 162 g/mol. The van der Waals surface area contributed by atoms with Crippen molar-refractivity contribution in [3.8, 4) is 0 Å². The third-order valence-electron chi connectivity index (χ3n) is 1.71. The van der Waals surface area contributed by atoms with E-state index in [0.717, 1.165) is 5.39 Å². The maximum Gasteiger partial charge on any atom is 0.222 e. The van der Waals surface area contributed by atoms with Crippen LogP contribution in [0.3, 0.4) is 0 Å². The molecule has 2 aromatic rings. The molecule has 0 fully saturated rings. The summed E-state index contributed by atoms with van der Waals surface area (Å²) in [5, 5.41) is 1.29. The summed E-state index contributed by atoms with van der Waals surface area (Å²) in [7, 11) is 0. The number of nitrogen functional groups attached to an aromatic ring is 1. The standard InChI is InChI=1S/C9H7FN2/c10-9-7-4-2-1-3-6(7)5-8(11)12-9/h1-5H,(H2,11,12). The summed E-state index contributed by atoms with van der Waals surface area (Å²) < 4.78 is 13.1. The van der Waals surface area contributed by atoms with E-state index in [1.807, 2.05) is 6.07 Å². The molecule has 2 rings (SSSR count). The van der Waals surface area contributed by atoms with Gasteiger partial charge in [-0.25, -0.2) is 4.98 Å². The van der Waals surface area contributed by atoms with Crippen molar-refractivity contribution >= 4 is 16.6 Å². The Morgan fingerprint density at radius 2 is 2.00 bits per heavy atom. The zero-order chi connectivity index (χ0) is 8.55. The third-order valence-corrected chi connectivity index (χ3v) is 1.71. The van der Waals surface area contributed by atoms with Crippen LogP contribution in [0.15, 0.2) is 30.3 Å². The smallest absolute Gasteiger partial charge is 0.222 e. The summed E-state index contributed by atoms with van der Waals surface area (Å²) in [5.74, 6) is -0.295. The summed E-state index contributed by atoms with van der Waals surface area (Å²) >= 11 is 0. The largest absolute Gasteiger partial charge is 0.384 e. The van der Waals surface area contributed by atoms with E-state index in [-0.39, 0.29) is 5.82 Å². The van der Waals surface area contributed by atoms with Gasteiger partial charge in [0.05, 0.1) is 0 Å². The number of aromatic nitrogens is 1. The first-order chi connectivity index (χ1) is 5.77. The molecule has 0 aliphatic heterocycles. The number of nitrogens with two attached hydrogens (primary N) is 1. The van der Waals surface area contributed by atoms with Gasteiger partial charge in [0.15, 0.2) is 0 Å². The van der Waals surface area contributed by atoms with Gasteiger partial charge in [-0.2, -0.15) is 4.39 Å². The third kappa shape index (κ3) is 0.993. The first-order valence-corrected chi connectivity index (χ1v) is 3.58. The van der Waals surface area contributed by atoms with Crippen molar-refractivity contribution in [2.45, 2.75) is 0 Å². The zero-order valence-electron chi connectivity index (χ0n) is 6.29. The molecule has 0 amide bonds. The highest BCUT2D eigenvalue weighted by Crippen LogP contribution is 2.17. The molecule has 0 saturated carbocycles. The molecule has 0 atom stereocenters. The van der Waals surface area contributed by atoms with E-state index in [2.05, 4.69) is 4.98 Å². The van der Waals surface area contributed by atoms with Gasteiger partial charge in [0, 0.05) is 5.39 Å². The van der Waals surface area contributed by atoms with E-state index >= 15 is 0 Å². The Labute approximate surface area is 68.8 Å². The Bertz CT molecular complexity index is 426. The number of hydrogen-bond donors (Lipinski definition) is 1. The fourth-order valence-corrected chi connectivity index (χ4v) is 1.18. The lowest BCUT2D eigenvalue weighted by Crippen LogP contribution is -1.93. The quantitative estimate of drug-likeness (QED) is 0.601. The van der Waals surface area contributed by atoms with Crippen LogP contribution in [0.1, 0.15) is 0 Å². The van der Waals surface area contributed by atoms with Crippen LogP contribution in [0.4, 0.5) is 10.2 Å². The number of halogens is 1. The van der Waals surface area contributed by atoms with Crippen LogP contribution in [0.2, 0.25) is 0 Å². The summed E-state index contributed by atoms with van der Waals surface area (Å²) in [5.41, 5.74) is 5.37. The van der Waals surface area contributed by atoms with Crippen molar-refractivity contribution in [1.29, 1.82) is 0 Å². The van der Waals surface area contributed by atoms with Crippen LogP contribution in [0, 0.1) is 5.95 Å². The summed E-state index contributed by atoms with van der Waals surface area (Å²) in [6.45, 7) is 0. The number of benzene rings is 1. The van der Waals surface area contributed by atoms with Gasteiger partial charge in [-0.1, -0.05) is 18.2 Å². The summed E-state index contributed by atoms with van der Waals surface area (Å²) in [6, 6.07) is 8.73. The lowest BCUT2D eigenvalue weighted by Gasteiger charge is -1.98. The Kier molecular flexibility index (Phi) is 1.43. The van der Waals surface area contributed by atoms with Crippen molar-refractivity contribution in [3.63, 3.8) is 0 Å². The fraction of sp³-hybridized carbons (Fsp3) is 0. The molecule has 2 nitrogen and oxygen atoms in total. The molecule has 0 aliphatic rings. The van der Waals surface area contributed by atoms with Crippen LogP contribution in [-0.4, -0.2) is 4.98 Å². The van der Waals surface area contributed by atoms with E-state index in [9.17, 15) is 4.39 Å². The molecule has 3 heteroatoms. The Morgan fingerprint density at radius 3 is 2.83 bits per heavy atom. The maximum atomic E-state index is 13.1. The maximum absolute atomic E-state index is 13.1. The molecule has 1 aromatic heterocycles. The summed E-state index contributed by atoms with van der Waals surface area (Å²) in [6.07, 6.45) is 0. The van der Waals surface area contributed by atoms with Crippen molar-refractivity contribution in [1.82, 2.24) is 4.98 Å². The number of pyridine rings is 1. The van der Waals surface area contributed by atoms with Gasteiger partial charge in [0.25, 0.3) is 0 Å². The summed E-state index contributed by atoms with van der Waals surface area (Å²) in [4.78, 5) is 3.51. The molecule has 0 aliphatic carbocycles. The molecule has 0 unspecified atom stereocenters. The Balaban J connectivity index is 2.89. The van der Waals surface area contributed by atoms with E-state index in [1.54, 1.807) is 24.3 Å². The van der Waals surface area contributed by atoms with Crippen LogP contribution in [-0.2, 0) is 0 Å². The van der Waals surface area contributed by atoms with Crippen LogP contribution in [0.5, 0.6) is 0 Å². The van der Waals surface area contributed by atoms with Crippen LogP contribution >= 0.6 is 0 Å². The highest BCUT2D eigenvalue weighted by Gasteiger charge is 2.01. The minimum absolute atomic E-state index is 0.214. The lowest BCUT2D eigenvalue weighted by molar-refractivity contribution is 0.599. The van der Waals surface area contributed by atoms with Gasteiger partial charge in [-0.15, -0.1) is 0 Å². The van der Waals surface area contributed by atoms with Gasteiger partial charge >= 0.3 is 0 Å². The van der Waals surface area contributed by atoms with Gasteiger partial charge < -0.3 is 5.73 Å². The van der Waals surface area contributed by atoms with Gasteiger partial charge in [-0.05, 0) is 17.5 Å². The average Bonchev–Trinajstić information content (AvgIpc) is 2.04. The molecule has 12 heavy (non-hydrogen) atoms. The van der Waals surface area contributed by atoms with Crippen molar-refractivity contribution in [2.24, 2.45) is 0 Å². The highest BCUT2D eigenvalue weighted by atomic mass is 19.1. The van der Waals surface area contributed by atoms with Gasteiger partial charge in [0.2, 0.25) is 5.95 Å². The predicted molar refractivity (Wildman–Crippen MR) is 46.1 cm³/mol. The highest BCUT2D eigenvalue weighted by molar-refractivity contribution is 5.83. The minimum Gasteiger partial charge on any atom is -0.384 e. The SMILES string of the molecule is Nc1cc2ccccc2c(F)n1. The first kappa shape index (κ1) is 7.03. The van der Waals surface area contributed by atoms with E-state index in [0.29, 0.717) is 5.39 Å². The Hall–Kier alpha value is -1.64. The molecule has 2 N–H and O–H groups in total. The molecule has 60 valence electrons. The monoisotopic (exact) mass is 162 g/mol. The fourth-order valence-electron chi connectivity index (χ4n) is 1.18. The van der Waals surface area contributed by atoms with Crippen LogP contribution < -0.4 is 5.73 Å². The second-order valence-electron chi connectivity index (χ2n) is 2.56. The first-order valence-electron chi connectivity index (χ1n) is 3.58. The topological polar surface area (TPSA) is 38.9 Å². The second kappa shape index (κ2) is 2.44. The molecular weight excluding hydrogens is 155 g/mol. The zero-order valence-corrected chi connectivity index (χ0v) is 6.29. The van der Waals surface area contributed by atoms with E-state index < -0.39 is 5.95 Å². The normalized spacial score (nSPS) is 10.4. The molecular formula is C9H7FN2. The van der Waals surface area contributed by atoms with E-state index in [1.165, 1.54) is 0 Å². The van der Waals surface area contributed by atoms with Crippen molar-refractivity contribution in [2.75, 3.05) is 5.73 Å². The number of nitrogens with zero attached hydrogens (tertiary/aromatic N) is 1. The molecule has 1 heterocycles. The second-order valence-corrected chi connectivity index (χ2v) is 2.56. The number of fused-ring (bicyclic) bond motifs is 1. The number of anilines is 1. The number of hydrogen-bond acceptors (Lipinski definition) is 2.